The van der Waals surface area contributed by atoms with E-state index in [1.807, 2.05) is 240 Å². The molecule has 4 amide bonds. The number of aliphatic carboxylic acids is 4. The van der Waals surface area contributed by atoms with E-state index >= 15 is 0 Å². The van der Waals surface area contributed by atoms with Crippen LogP contribution in [0.3, 0.4) is 0 Å². The molecule has 20 rings (SSSR count). The molecular formula is C116H124N4O24S4. The molecule has 8 atom stereocenters. The predicted molar refractivity (Wildman–Crippen MR) is 559 cm³/mol. The van der Waals surface area contributed by atoms with Gasteiger partial charge in [0.2, 0.25) is 0 Å². The number of rotatable bonds is 36. The molecule has 148 heavy (non-hydrogen) atoms. The monoisotopic (exact) mass is 2080 g/mol. The van der Waals surface area contributed by atoms with E-state index in [-0.39, 0.29) is 99.9 Å². The minimum Gasteiger partial charge on any atom is -0.493 e. The third-order valence-electron chi connectivity index (χ3n) is 28.5. The Labute approximate surface area is 876 Å². The van der Waals surface area contributed by atoms with Gasteiger partial charge in [-0.3, -0.25) is 19.2 Å². The van der Waals surface area contributed by atoms with Gasteiger partial charge in [0.05, 0.1) is 52.9 Å². The van der Waals surface area contributed by atoms with Crippen LogP contribution < -0.4 is 37.9 Å². The highest BCUT2D eigenvalue weighted by molar-refractivity contribution is 7.10. The number of carboxylic acid groups (broad SMARTS) is 4. The summed E-state index contributed by atoms with van der Waals surface area (Å²) >= 11 is 6.36. The fraction of sp³-hybridized carbons (Fsp3) is 0.379. The maximum atomic E-state index is 14.0. The summed E-state index contributed by atoms with van der Waals surface area (Å²) in [7, 11) is 6.27. The van der Waals surface area contributed by atoms with Crippen molar-refractivity contribution in [2.45, 2.75) is 254 Å². The average Bonchev–Trinajstić information content (AvgIpc) is 1.69. The van der Waals surface area contributed by atoms with E-state index in [9.17, 15) is 58.8 Å². The van der Waals surface area contributed by atoms with Gasteiger partial charge in [-0.2, -0.15) is 0 Å². The van der Waals surface area contributed by atoms with E-state index < -0.39 is 72.5 Å². The van der Waals surface area contributed by atoms with Crippen molar-refractivity contribution in [3.05, 3.63) is 326 Å². The number of carbonyl (C=O) groups excluding carboxylic acids is 4. The first-order valence-corrected chi connectivity index (χ1v) is 54.0. The van der Waals surface area contributed by atoms with Gasteiger partial charge in [-0.1, -0.05) is 221 Å². The first-order chi connectivity index (χ1) is 72.2. The Bertz CT molecular complexity index is 5660. The number of fused-ring (bicyclic) bond motifs is 4. The van der Waals surface area contributed by atoms with Crippen LogP contribution in [0.5, 0.6) is 46.0 Å². The molecule has 32 heteroatoms. The smallest absolute Gasteiger partial charge is 0.326 e. The van der Waals surface area contributed by atoms with Crippen LogP contribution in [-0.2, 0) is 136 Å². The molecule has 4 aromatic heterocycles. The molecule has 0 bridgehead atoms. The minimum atomic E-state index is -1.06. The van der Waals surface area contributed by atoms with Crippen LogP contribution in [0.25, 0.3) is 0 Å². The Kier molecular flexibility index (Phi) is 36.5. The molecule has 4 fully saturated rings. The molecule has 4 N–H and O–H groups in total. The van der Waals surface area contributed by atoms with E-state index in [4.69, 9.17) is 56.8 Å². The second-order valence-corrected chi connectivity index (χ2v) is 42.0. The van der Waals surface area contributed by atoms with Gasteiger partial charge in [0.15, 0.2) is 70.4 Å². The van der Waals surface area contributed by atoms with Crippen LogP contribution in [0.1, 0.15) is 213 Å². The molecular weight excluding hydrogens is 1960 g/mol. The van der Waals surface area contributed by atoms with Crippen LogP contribution in [0.2, 0.25) is 0 Å². The van der Waals surface area contributed by atoms with E-state index in [0.717, 1.165) is 189 Å². The van der Waals surface area contributed by atoms with Crippen molar-refractivity contribution in [2.75, 3.05) is 28.4 Å². The summed E-state index contributed by atoms with van der Waals surface area (Å²) in [5, 5.41) is 48.8. The summed E-state index contributed by atoms with van der Waals surface area (Å²) in [6, 6.07) is 63.9. The van der Waals surface area contributed by atoms with Crippen LogP contribution >= 0.6 is 45.3 Å². The van der Waals surface area contributed by atoms with E-state index in [2.05, 4.69) is 0 Å². The van der Waals surface area contributed by atoms with Crippen molar-refractivity contribution in [2.24, 2.45) is 0 Å². The average molecular weight is 2090 g/mol. The van der Waals surface area contributed by atoms with Crippen molar-refractivity contribution >= 4 is 92.9 Å². The summed E-state index contributed by atoms with van der Waals surface area (Å²) in [5.74, 6) is -1.20. The lowest BCUT2D eigenvalue weighted by Crippen LogP contribution is -2.50. The normalized spacial score (nSPS) is 18.3. The van der Waals surface area contributed by atoms with Crippen molar-refractivity contribution in [3.63, 3.8) is 0 Å². The lowest BCUT2D eigenvalue weighted by molar-refractivity contribution is -0.160. The summed E-state index contributed by atoms with van der Waals surface area (Å²) in [6.45, 7) is 2.05. The number of nitrogens with zero attached hydrogens (tertiary/aromatic N) is 4. The molecule has 4 aliphatic carbocycles. The first kappa shape index (κ1) is 106. The molecule has 8 aliphatic rings. The molecule has 4 aliphatic heterocycles. The lowest BCUT2D eigenvalue weighted by atomic mass is 9.91. The van der Waals surface area contributed by atoms with Gasteiger partial charge in [0, 0.05) is 93.6 Å². The number of thiophene rings is 4. The van der Waals surface area contributed by atoms with Crippen LogP contribution in [0, 0.1) is 0 Å². The Morgan fingerprint density at radius 3 is 0.635 bits per heavy atom. The molecule has 4 saturated carbocycles. The van der Waals surface area contributed by atoms with Crippen LogP contribution in [0.4, 0.5) is 0 Å². The zero-order valence-electron chi connectivity index (χ0n) is 83.2. The third kappa shape index (κ3) is 25.7. The Balaban J connectivity index is 0.000000135. The summed E-state index contributed by atoms with van der Waals surface area (Å²) < 4.78 is 72.2. The lowest BCUT2D eigenvalue weighted by Gasteiger charge is -2.37. The van der Waals surface area contributed by atoms with Crippen molar-refractivity contribution in [1.29, 1.82) is 0 Å². The highest BCUT2D eigenvalue weighted by atomic mass is 32.1. The summed E-state index contributed by atoms with van der Waals surface area (Å²) in [6.07, 6.45) is 13.0. The molecule has 0 radical (unpaired) electrons. The Hall–Kier alpha value is -13.4. The van der Waals surface area contributed by atoms with Crippen molar-refractivity contribution in [1.82, 2.24) is 19.6 Å². The first-order valence-electron chi connectivity index (χ1n) is 50.5. The molecule has 28 nitrogen and oxygen atoms in total. The van der Waals surface area contributed by atoms with Gasteiger partial charge < -0.3 is 96.9 Å². The maximum absolute atomic E-state index is 14.0. The number of hydrogen-bond donors (Lipinski definition) is 4. The van der Waals surface area contributed by atoms with Gasteiger partial charge in [-0.25, -0.2) is 19.2 Å². The number of ether oxygens (including phenoxy) is 12. The molecule has 0 saturated heterocycles. The zero-order chi connectivity index (χ0) is 103. The highest BCUT2D eigenvalue weighted by Gasteiger charge is 2.47. The third-order valence-corrected chi connectivity index (χ3v) is 31.9. The zero-order valence-corrected chi connectivity index (χ0v) is 86.5. The molecule has 8 aromatic carbocycles. The maximum Gasteiger partial charge on any atom is 0.326 e. The Morgan fingerprint density at radius 2 is 0.466 bits per heavy atom. The minimum absolute atomic E-state index is 0.00368. The van der Waals surface area contributed by atoms with Gasteiger partial charge in [0.1, 0.15) is 50.6 Å². The fourth-order valence-corrected chi connectivity index (χ4v) is 23.3. The Morgan fingerprint density at radius 1 is 0.270 bits per heavy atom. The highest BCUT2D eigenvalue weighted by Crippen LogP contribution is 2.48. The van der Waals surface area contributed by atoms with E-state index in [1.165, 1.54) is 19.6 Å². The quantitative estimate of drug-likeness (QED) is 0.0283. The number of amides is 4. The topological polar surface area (TPSA) is 341 Å². The van der Waals surface area contributed by atoms with Gasteiger partial charge in [-0.15, -0.1) is 45.3 Å². The number of methoxy groups -OCH3 is 4. The van der Waals surface area contributed by atoms with Gasteiger partial charge in [0.25, 0.3) is 23.6 Å². The standard InChI is InChI=1S/4C29H31NO6S/c4*1-34-25-14-13-20-17-30(24(29(32)33)16-23(20)27(25)35-18-22-12-7-15-37-22)28(31)26(19-8-3-2-4-9-19)36-21-10-5-6-11-21/h4*2-4,7-9,12-15,21,24,26H,5-6,10-11,16-18H2,1H3,(H,32,33)/t2*24-,26+;2*24-,26-/m1010/s1. The number of benzene rings is 8. The predicted octanol–water partition coefficient (Wildman–Crippen LogP) is 21.5. The van der Waals surface area contributed by atoms with Crippen molar-refractivity contribution < 1.29 is 116 Å². The largest absolute Gasteiger partial charge is 0.493 e. The van der Waals surface area contributed by atoms with Gasteiger partial charge >= 0.3 is 23.9 Å². The number of carbonyl (C=O) groups is 8. The molecule has 0 spiro atoms. The molecule has 776 valence electrons. The summed E-state index contributed by atoms with van der Waals surface area (Å²) in [4.78, 5) is 116. The number of hydrogen-bond acceptors (Lipinski definition) is 24. The van der Waals surface area contributed by atoms with E-state index in [1.54, 1.807) is 73.8 Å². The number of carboxylic acids is 4. The molecule has 0 unspecified atom stereocenters. The van der Waals surface area contributed by atoms with Gasteiger partial charge in [-0.05, 0) is 166 Å². The van der Waals surface area contributed by atoms with E-state index in [0.29, 0.717) is 72.4 Å². The second kappa shape index (κ2) is 51.0. The summed E-state index contributed by atoms with van der Waals surface area (Å²) in [5.41, 5.74) is 9.41. The second-order valence-electron chi connectivity index (χ2n) is 37.8. The molecule has 12 aromatic rings. The van der Waals surface area contributed by atoms with Crippen LogP contribution in [0.15, 0.2) is 240 Å². The van der Waals surface area contributed by atoms with Crippen LogP contribution in [-0.4, -0.2) is 165 Å². The fourth-order valence-electron chi connectivity index (χ4n) is 20.8. The van der Waals surface area contributed by atoms with Crippen molar-refractivity contribution in [3.8, 4) is 46.0 Å². The SMILES string of the molecule is COc1ccc2c(c1OCc1cccs1)C[C@@H](C(=O)O)N(C(=O)[C@@H](OC1CCCC1)c1ccccc1)C2.COc1ccc2c(c1OCc1cccs1)C[C@@H](C(=O)O)N(C(=O)[C@H](OC1CCCC1)c1ccccc1)C2.COc1ccc2c(c1OCc1cccs1)C[C@H](C(=O)O)N(C(=O)[C@@H](OC1CCCC1)c1ccccc1)C2.COc1ccc2c(c1OCc1cccs1)C[C@H](C(=O)O)N(C(=O)[C@H](OC1CCCC1)c1ccccc1)C2. The molecule has 8 heterocycles.